The number of aliphatic hydroxyl groups is 1. The molecule has 0 saturated carbocycles. The normalized spacial score (nSPS) is 11.9. The maximum absolute atomic E-state index is 12.9. The molecule has 0 aliphatic rings. The number of halogens is 1. The number of hydrogen-bond donors (Lipinski definition) is 3. The predicted molar refractivity (Wildman–Crippen MR) is 74.3 cm³/mol. The summed E-state index contributed by atoms with van der Waals surface area (Å²) in [5, 5.41) is 12.1. The minimum Gasteiger partial charge on any atom is -0.392 e. The van der Waals surface area contributed by atoms with E-state index in [9.17, 15) is 9.18 Å². The number of nitrogens with two attached hydrogens (primary N) is 1. The fourth-order valence-electron chi connectivity index (χ4n) is 1.90. The van der Waals surface area contributed by atoms with E-state index in [1.807, 2.05) is 0 Å². The van der Waals surface area contributed by atoms with E-state index in [1.165, 1.54) is 24.3 Å². The Bertz CT molecular complexity index is 599. The number of hydrogen-bond acceptors (Lipinski definition) is 3. The van der Waals surface area contributed by atoms with Crippen LogP contribution in [0, 0.1) is 5.82 Å². The van der Waals surface area contributed by atoms with Crippen molar-refractivity contribution in [2.75, 3.05) is 5.32 Å². The Morgan fingerprint density at radius 1 is 1.25 bits per heavy atom. The highest BCUT2D eigenvalue weighted by Gasteiger charge is 2.17. The second-order valence-corrected chi connectivity index (χ2v) is 4.39. The van der Waals surface area contributed by atoms with Crippen LogP contribution in [-0.2, 0) is 11.4 Å². The van der Waals surface area contributed by atoms with Crippen molar-refractivity contribution < 1.29 is 14.3 Å². The molecule has 0 aliphatic heterocycles. The molecular weight excluding hydrogens is 259 g/mol. The second-order valence-electron chi connectivity index (χ2n) is 4.39. The third-order valence-corrected chi connectivity index (χ3v) is 2.91. The molecule has 4 nitrogen and oxygen atoms in total. The van der Waals surface area contributed by atoms with Crippen LogP contribution in [0.25, 0.3) is 0 Å². The summed E-state index contributed by atoms with van der Waals surface area (Å²) in [5.74, 6) is -0.940. The van der Waals surface area contributed by atoms with Gasteiger partial charge in [-0.05, 0) is 35.4 Å². The molecule has 4 N–H and O–H groups in total. The lowest BCUT2D eigenvalue weighted by Gasteiger charge is -2.17. The van der Waals surface area contributed by atoms with Crippen LogP contribution in [-0.4, -0.2) is 11.0 Å². The molecule has 0 bridgehead atoms. The number of anilines is 1. The summed E-state index contributed by atoms with van der Waals surface area (Å²) in [6.07, 6.45) is 0. The molecule has 0 saturated heterocycles. The fourth-order valence-corrected chi connectivity index (χ4v) is 1.90. The summed E-state index contributed by atoms with van der Waals surface area (Å²) < 4.78 is 12.9. The highest BCUT2D eigenvalue weighted by atomic mass is 19.1. The highest BCUT2D eigenvalue weighted by molar-refractivity contribution is 5.84. The van der Waals surface area contributed by atoms with E-state index in [1.54, 1.807) is 24.3 Å². The van der Waals surface area contributed by atoms with Gasteiger partial charge in [0.1, 0.15) is 11.9 Å². The largest absolute Gasteiger partial charge is 0.392 e. The molecule has 1 atom stereocenters. The van der Waals surface area contributed by atoms with Crippen LogP contribution in [0.5, 0.6) is 0 Å². The van der Waals surface area contributed by atoms with Crippen molar-refractivity contribution >= 4 is 11.6 Å². The lowest BCUT2D eigenvalue weighted by Crippen LogP contribution is -2.27. The summed E-state index contributed by atoms with van der Waals surface area (Å²) in [7, 11) is 0. The molecule has 0 radical (unpaired) electrons. The molecule has 2 aromatic rings. The van der Waals surface area contributed by atoms with Gasteiger partial charge in [-0.3, -0.25) is 4.79 Å². The average molecular weight is 274 g/mol. The van der Waals surface area contributed by atoms with E-state index in [2.05, 4.69) is 5.32 Å². The third kappa shape index (κ3) is 3.33. The van der Waals surface area contributed by atoms with Crippen molar-refractivity contribution in [3.05, 3.63) is 65.5 Å². The molecule has 0 aliphatic carbocycles. The maximum atomic E-state index is 12.9. The SMILES string of the molecule is NC(=O)C(Nc1cccc(CO)c1)c1ccc(F)cc1. The summed E-state index contributed by atoms with van der Waals surface area (Å²) in [6.45, 7) is -0.0900. The van der Waals surface area contributed by atoms with E-state index in [0.717, 1.165) is 5.56 Å². The van der Waals surface area contributed by atoms with Gasteiger partial charge in [-0.1, -0.05) is 24.3 Å². The first-order chi connectivity index (χ1) is 9.60. The van der Waals surface area contributed by atoms with Gasteiger partial charge in [-0.25, -0.2) is 4.39 Å². The van der Waals surface area contributed by atoms with Crippen molar-refractivity contribution in [2.45, 2.75) is 12.6 Å². The Hall–Kier alpha value is -2.40. The quantitative estimate of drug-likeness (QED) is 0.780. The van der Waals surface area contributed by atoms with Gasteiger partial charge >= 0.3 is 0 Å². The lowest BCUT2D eigenvalue weighted by atomic mass is 10.1. The Labute approximate surface area is 116 Å². The molecule has 0 aromatic heterocycles. The summed E-state index contributed by atoms with van der Waals surface area (Å²) in [6, 6.07) is 11.8. The van der Waals surface area contributed by atoms with Gasteiger partial charge in [0.15, 0.2) is 0 Å². The number of rotatable bonds is 5. The number of nitrogens with one attached hydrogen (secondary N) is 1. The van der Waals surface area contributed by atoms with Gasteiger partial charge in [-0.15, -0.1) is 0 Å². The summed E-state index contributed by atoms with van der Waals surface area (Å²) in [4.78, 5) is 11.6. The molecule has 1 unspecified atom stereocenters. The van der Waals surface area contributed by atoms with Crippen molar-refractivity contribution in [1.82, 2.24) is 0 Å². The molecule has 5 heteroatoms. The Balaban J connectivity index is 2.25. The van der Waals surface area contributed by atoms with Crippen LogP contribution in [0.15, 0.2) is 48.5 Å². The minimum atomic E-state index is -0.760. The zero-order valence-corrected chi connectivity index (χ0v) is 10.7. The van der Waals surface area contributed by atoms with Crippen molar-refractivity contribution in [3.8, 4) is 0 Å². The first-order valence-electron chi connectivity index (χ1n) is 6.11. The number of amides is 1. The Kier molecular flexibility index (Phi) is 4.32. The topological polar surface area (TPSA) is 75.4 Å². The molecule has 0 fully saturated rings. The molecule has 0 spiro atoms. The van der Waals surface area contributed by atoms with Crippen molar-refractivity contribution in [1.29, 1.82) is 0 Å². The monoisotopic (exact) mass is 274 g/mol. The second kappa shape index (κ2) is 6.16. The van der Waals surface area contributed by atoms with Gasteiger partial charge in [0, 0.05) is 5.69 Å². The summed E-state index contributed by atoms with van der Waals surface area (Å²) >= 11 is 0. The van der Waals surface area contributed by atoms with E-state index >= 15 is 0 Å². The van der Waals surface area contributed by atoms with Crippen LogP contribution in [0.3, 0.4) is 0 Å². The number of carbonyl (C=O) groups excluding carboxylic acids is 1. The van der Waals surface area contributed by atoms with E-state index in [-0.39, 0.29) is 12.4 Å². The Morgan fingerprint density at radius 3 is 2.55 bits per heavy atom. The first kappa shape index (κ1) is 14.0. The molecule has 2 rings (SSSR count). The van der Waals surface area contributed by atoms with Crippen LogP contribution >= 0.6 is 0 Å². The predicted octanol–water partition coefficient (Wildman–Crippen LogP) is 1.96. The van der Waals surface area contributed by atoms with E-state index < -0.39 is 11.9 Å². The van der Waals surface area contributed by atoms with E-state index in [4.69, 9.17) is 10.8 Å². The molecule has 20 heavy (non-hydrogen) atoms. The molecular formula is C15H15FN2O2. The van der Waals surface area contributed by atoms with Gasteiger partial charge < -0.3 is 16.2 Å². The standard InChI is InChI=1S/C15H15FN2O2/c16-12-6-4-11(5-7-12)14(15(17)20)18-13-3-1-2-10(8-13)9-19/h1-8,14,18-19H,9H2,(H2,17,20). The van der Waals surface area contributed by atoms with Crippen molar-refractivity contribution in [2.24, 2.45) is 5.73 Å². The zero-order valence-electron chi connectivity index (χ0n) is 10.7. The average Bonchev–Trinajstić information content (AvgIpc) is 2.46. The zero-order chi connectivity index (χ0) is 14.5. The number of primary amides is 1. The molecule has 1 amide bonds. The van der Waals surface area contributed by atoms with Crippen LogP contribution in [0.1, 0.15) is 17.2 Å². The number of carbonyl (C=O) groups is 1. The number of benzene rings is 2. The van der Waals surface area contributed by atoms with Crippen LogP contribution in [0.4, 0.5) is 10.1 Å². The molecule has 104 valence electrons. The van der Waals surface area contributed by atoms with Gasteiger partial charge in [0.25, 0.3) is 0 Å². The van der Waals surface area contributed by atoms with Crippen LogP contribution in [0.2, 0.25) is 0 Å². The molecule has 0 heterocycles. The van der Waals surface area contributed by atoms with Crippen LogP contribution < -0.4 is 11.1 Å². The fraction of sp³-hybridized carbons (Fsp3) is 0.133. The smallest absolute Gasteiger partial charge is 0.244 e. The minimum absolute atomic E-state index is 0.0900. The van der Waals surface area contributed by atoms with Gasteiger partial charge in [0.05, 0.1) is 6.61 Å². The van der Waals surface area contributed by atoms with Crippen molar-refractivity contribution in [3.63, 3.8) is 0 Å². The third-order valence-electron chi connectivity index (χ3n) is 2.91. The van der Waals surface area contributed by atoms with Gasteiger partial charge in [0.2, 0.25) is 5.91 Å². The lowest BCUT2D eigenvalue weighted by molar-refractivity contribution is -0.118. The Morgan fingerprint density at radius 2 is 1.95 bits per heavy atom. The summed E-state index contributed by atoms with van der Waals surface area (Å²) in [5.41, 5.74) is 7.33. The number of aliphatic hydroxyl groups excluding tert-OH is 1. The van der Waals surface area contributed by atoms with Gasteiger partial charge in [-0.2, -0.15) is 0 Å². The van der Waals surface area contributed by atoms with E-state index in [0.29, 0.717) is 11.3 Å². The highest BCUT2D eigenvalue weighted by Crippen LogP contribution is 2.20. The first-order valence-corrected chi connectivity index (χ1v) is 6.11. The molecule has 2 aromatic carbocycles. The maximum Gasteiger partial charge on any atom is 0.244 e.